The minimum Gasteiger partial charge on any atom is -0.469 e. The Hall–Kier alpha value is -1.33. The van der Waals surface area contributed by atoms with Crippen LogP contribution in [0.15, 0.2) is 22.8 Å². The van der Waals surface area contributed by atoms with Gasteiger partial charge in [0, 0.05) is 26.0 Å². The molecule has 1 aliphatic rings. The summed E-state index contributed by atoms with van der Waals surface area (Å²) < 4.78 is 11.0. The molecule has 1 aromatic heterocycles. The van der Waals surface area contributed by atoms with Crippen molar-refractivity contribution in [3.63, 3.8) is 0 Å². The number of amides is 1. The van der Waals surface area contributed by atoms with Crippen LogP contribution in [0.3, 0.4) is 0 Å². The molecule has 0 spiro atoms. The van der Waals surface area contributed by atoms with E-state index in [0.717, 1.165) is 44.7 Å². The standard InChI is InChI=1S/C15H24N2O3/c18-15(5-4-13-3-1-11-19-13)17-8-2-12-20-14-6-9-16-10-7-14/h1,3,11,14,16H,2,4-10,12H2,(H,17,18). The first-order chi connectivity index (χ1) is 9.84. The topological polar surface area (TPSA) is 63.5 Å². The summed E-state index contributed by atoms with van der Waals surface area (Å²) in [5, 5.41) is 6.22. The van der Waals surface area contributed by atoms with E-state index in [1.54, 1.807) is 6.26 Å². The van der Waals surface area contributed by atoms with Crippen molar-refractivity contribution in [2.24, 2.45) is 0 Å². The highest BCUT2D eigenvalue weighted by Crippen LogP contribution is 2.07. The highest BCUT2D eigenvalue weighted by Gasteiger charge is 2.12. The lowest BCUT2D eigenvalue weighted by molar-refractivity contribution is -0.121. The summed E-state index contributed by atoms with van der Waals surface area (Å²) in [5.74, 6) is 0.928. The van der Waals surface area contributed by atoms with Gasteiger partial charge in [0.1, 0.15) is 5.76 Å². The molecule has 0 saturated carbocycles. The van der Waals surface area contributed by atoms with E-state index >= 15 is 0 Å². The van der Waals surface area contributed by atoms with Gasteiger partial charge in [-0.05, 0) is 44.5 Å². The van der Waals surface area contributed by atoms with Crippen molar-refractivity contribution in [1.82, 2.24) is 10.6 Å². The van der Waals surface area contributed by atoms with E-state index in [9.17, 15) is 4.79 Å². The molecule has 5 nitrogen and oxygen atoms in total. The first-order valence-electron chi connectivity index (χ1n) is 7.46. The Morgan fingerprint density at radius 3 is 3.05 bits per heavy atom. The Balaban J connectivity index is 1.45. The fourth-order valence-electron chi connectivity index (χ4n) is 2.29. The van der Waals surface area contributed by atoms with Gasteiger partial charge in [0.15, 0.2) is 0 Å². The molecule has 5 heteroatoms. The summed E-state index contributed by atoms with van der Waals surface area (Å²) >= 11 is 0. The predicted octanol–water partition coefficient (Wildman–Crippen LogP) is 1.49. The zero-order valence-corrected chi connectivity index (χ0v) is 11.9. The third-order valence-electron chi connectivity index (χ3n) is 3.46. The van der Waals surface area contributed by atoms with Gasteiger partial charge in [-0.25, -0.2) is 0 Å². The Kier molecular flexibility index (Phi) is 6.60. The fraction of sp³-hybridized carbons (Fsp3) is 0.667. The monoisotopic (exact) mass is 280 g/mol. The lowest BCUT2D eigenvalue weighted by atomic mass is 10.1. The molecule has 1 aliphatic heterocycles. The first-order valence-corrected chi connectivity index (χ1v) is 7.46. The van der Waals surface area contributed by atoms with Crippen LogP contribution in [0.2, 0.25) is 0 Å². The molecule has 0 aliphatic carbocycles. The van der Waals surface area contributed by atoms with Crippen LogP contribution in [0, 0.1) is 0 Å². The van der Waals surface area contributed by atoms with Gasteiger partial charge in [0.25, 0.3) is 0 Å². The number of aryl methyl sites for hydroxylation is 1. The minimum absolute atomic E-state index is 0.0725. The van der Waals surface area contributed by atoms with Gasteiger partial charge >= 0.3 is 0 Å². The van der Waals surface area contributed by atoms with Crippen molar-refractivity contribution in [3.8, 4) is 0 Å². The number of furan rings is 1. The van der Waals surface area contributed by atoms with Gasteiger partial charge in [-0.1, -0.05) is 0 Å². The number of ether oxygens (including phenoxy) is 1. The second-order valence-electron chi connectivity index (χ2n) is 5.10. The fourth-order valence-corrected chi connectivity index (χ4v) is 2.29. The number of nitrogens with one attached hydrogen (secondary N) is 2. The second-order valence-corrected chi connectivity index (χ2v) is 5.10. The molecule has 20 heavy (non-hydrogen) atoms. The van der Waals surface area contributed by atoms with E-state index in [1.807, 2.05) is 12.1 Å². The SMILES string of the molecule is O=C(CCc1ccco1)NCCCOC1CCNCC1. The van der Waals surface area contributed by atoms with Crippen molar-refractivity contribution < 1.29 is 13.9 Å². The number of rotatable bonds is 8. The third-order valence-corrected chi connectivity index (χ3v) is 3.46. The van der Waals surface area contributed by atoms with Crippen molar-refractivity contribution in [1.29, 1.82) is 0 Å². The molecule has 0 radical (unpaired) electrons. The van der Waals surface area contributed by atoms with E-state index in [2.05, 4.69) is 10.6 Å². The Labute approximate surface area is 120 Å². The maximum atomic E-state index is 11.6. The third kappa shape index (κ3) is 5.75. The van der Waals surface area contributed by atoms with Crippen molar-refractivity contribution in [2.45, 2.75) is 38.2 Å². The summed E-state index contributed by atoms with van der Waals surface area (Å²) in [7, 11) is 0. The van der Waals surface area contributed by atoms with Crippen LogP contribution >= 0.6 is 0 Å². The number of hydrogen-bond donors (Lipinski definition) is 2. The molecule has 112 valence electrons. The lowest BCUT2D eigenvalue weighted by Gasteiger charge is -2.22. The predicted molar refractivity (Wildman–Crippen MR) is 76.5 cm³/mol. The zero-order chi connectivity index (χ0) is 14.0. The van der Waals surface area contributed by atoms with E-state index in [0.29, 0.717) is 25.5 Å². The first kappa shape index (κ1) is 15.1. The molecular formula is C15H24N2O3. The Morgan fingerprint density at radius 2 is 2.30 bits per heavy atom. The van der Waals surface area contributed by atoms with Gasteiger partial charge < -0.3 is 19.8 Å². The van der Waals surface area contributed by atoms with Gasteiger partial charge in [-0.3, -0.25) is 4.79 Å². The maximum Gasteiger partial charge on any atom is 0.220 e. The molecule has 0 atom stereocenters. The summed E-state index contributed by atoms with van der Waals surface area (Å²) in [5.41, 5.74) is 0. The smallest absolute Gasteiger partial charge is 0.220 e. The van der Waals surface area contributed by atoms with Gasteiger partial charge in [-0.15, -0.1) is 0 Å². The highest BCUT2D eigenvalue weighted by molar-refractivity contribution is 5.75. The van der Waals surface area contributed by atoms with Crippen LogP contribution in [0.1, 0.15) is 31.4 Å². The van der Waals surface area contributed by atoms with Crippen LogP contribution in [0.4, 0.5) is 0 Å². The molecule has 1 amide bonds. The van der Waals surface area contributed by atoms with E-state index in [1.165, 1.54) is 0 Å². The molecule has 2 N–H and O–H groups in total. The van der Waals surface area contributed by atoms with E-state index in [-0.39, 0.29) is 5.91 Å². The molecule has 1 aromatic rings. The van der Waals surface area contributed by atoms with Crippen LogP contribution < -0.4 is 10.6 Å². The van der Waals surface area contributed by atoms with Crippen LogP contribution in [0.5, 0.6) is 0 Å². The van der Waals surface area contributed by atoms with Crippen LogP contribution in [-0.2, 0) is 16.0 Å². The van der Waals surface area contributed by atoms with Gasteiger partial charge in [-0.2, -0.15) is 0 Å². The quantitative estimate of drug-likeness (QED) is 0.708. The lowest BCUT2D eigenvalue weighted by Crippen LogP contribution is -2.33. The van der Waals surface area contributed by atoms with Crippen molar-refractivity contribution in [3.05, 3.63) is 24.2 Å². The molecule has 0 unspecified atom stereocenters. The summed E-state index contributed by atoms with van der Waals surface area (Å²) in [6.45, 7) is 3.51. The minimum atomic E-state index is 0.0725. The second kappa shape index (κ2) is 8.76. The van der Waals surface area contributed by atoms with Crippen LogP contribution in [-0.4, -0.2) is 38.3 Å². The number of carbonyl (C=O) groups excluding carboxylic acids is 1. The molecular weight excluding hydrogens is 256 g/mol. The maximum absolute atomic E-state index is 11.6. The summed E-state index contributed by atoms with van der Waals surface area (Å²) in [4.78, 5) is 11.6. The van der Waals surface area contributed by atoms with Gasteiger partial charge in [0.05, 0.1) is 12.4 Å². The van der Waals surface area contributed by atoms with Crippen molar-refractivity contribution in [2.75, 3.05) is 26.2 Å². The molecule has 1 saturated heterocycles. The average molecular weight is 280 g/mol. The number of carbonyl (C=O) groups is 1. The number of piperidine rings is 1. The average Bonchev–Trinajstić information content (AvgIpc) is 2.99. The van der Waals surface area contributed by atoms with Gasteiger partial charge in [0.2, 0.25) is 5.91 Å². The van der Waals surface area contributed by atoms with Crippen LogP contribution in [0.25, 0.3) is 0 Å². The molecule has 2 heterocycles. The van der Waals surface area contributed by atoms with E-state index < -0.39 is 0 Å². The van der Waals surface area contributed by atoms with E-state index in [4.69, 9.17) is 9.15 Å². The largest absolute Gasteiger partial charge is 0.469 e. The van der Waals surface area contributed by atoms with Crippen molar-refractivity contribution >= 4 is 5.91 Å². The molecule has 0 bridgehead atoms. The normalized spacial score (nSPS) is 16.2. The molecule has 1 fully saturated rings. The Morgan fingerprint density at radius 1 is 1.45 bits per heavy atom. The molecule has 2 rings (SSSR count). The summed E-state index contributed by atoms with van der Waals surface area (Å²) in [6.07, 6.45) is 6.21. The Bertz CT molecular complexity index is 372. The number of hydrogen-bond acceptors (Lipinski definition) is 4. The zero-order valence-electron chi connectivity index (χ0n) is 11.9. The summed E-state index contributed by atoms with van der Waals surface area (Å²) in [6, 6.07) is 3.73. The molecule has 0 aromatic carbocycles. The highest BCUT2D eigenvalue weighted by atomic mass is 16.5.